The summed E-state index contributed by atoms with van der Waals surface area (Å²) in [4.78, 5) is 0. The Bertz CT molecular complexity index is 252. The van der Waals surface area contributed by atoms with Gasteiger partial charge in [0.05, 0.1) is 18.4 Å². The van der Waals surface area contributed by atoms with Gasteiger partial charge >= 0.3 is 0 Å². The summed E-state index contributed by atoms with van der Waals surface area (Å²) in [6.07, 6.45) is 4.48. The second-order valence-corrected chi connectivity index (χ2v) is 3.78. The van der Waals surface area contributed by atoms with Gasteiger partial charge in [-0.25, -0.2) is 0 Å². The van der Waals surface area contributed by atoms with E-state index in [-0.39, 0.29) is 6.04 Å². The van der Waals surface area contributed by atoms with Crippen molar-refractivity contribution in [3.05, 3.63) is 24.2 Å². The Hall–Kier alpha value is -0.800. The highest BCUT2D eigenvalue weighted by atomic mass is 16.5. The molecule has 0 amide bonds. The molecule has 0 saturated carbocycles. The van der Waals surface area contributed by atoms with Gasteiger partial charge in [0.25, 0.3) is 0 Å². The molecule has 2 atom stereocenters. The molecule has 1 N–H and O–H groups in total. The Balaban J connectivity index is 1.74. The summed E-state index contributed by atoms with van der Waals surface area (Å²) in [6.45, 7) is 3.94. The van der Waals surface area contributed by atoms with Crippen LogP contribution in [-0.4, -0.2) is 19.3 Å². The minimum Gasteiger partial charge on any atom is -0.468 e. The van der Waals surface area contributed by atoms with E-state index in [2.05, 4.69) is 12.2 Å². The van der Waals surface area contributed by atoms with Crippen molar-refractivity contribution >= 4 is 0 Å². The summed E-state index contributed by atoms with van der Waals surface area (Å²) in [7, 11) is 0. The molecule has 1 aliphatic rings. The van der Waals surface area contributed by atoms with Crippen molar-refractivity contribution in [2.24, 2.45) is 0 Å². The average Bonchev–Trinajstić information content (AvgIpc) is 2.87. The summed E-state index contributed by atoms with van der Waals surface area (Å²) in [6, 6.07) is 4.18. The minimum atomic E-state index is 0.272. The van der Waals surface area contributed by atoms with E-state index < -0.39 is 0 Å². The summed E-state index contributed by atoms with van der Waals surface area (Å²) < 4.78 is 10.8. The summed E-state index contributed by atoms with van der Waals surface area (Å²) >= 11 is 0. The Labute approximate surface area is 84.4 Å². The zero-order valence-corrected chi connectivity index (χ0v) is 8.53. The normalized spacial score (nSPS) is 23.9. The largest absolute Gasteiger partial charge is 0.468 e. The highest BCUT2D eigenvalue weighted by Crippen LogP contribution is 2.15. The Morgan fingerprint density at radius 2 is 2.57 bits per heavy atom. The highest BCUT2D eigenvalue weighted by molar-refractivity contribution is 5.02. The summed E-state index contributed by atoms with van der Waals surface area (Å²) in [5.74, 6) is 0.989. The SMILES string of the molecule is CC(NCC1CCCO1)c1ccco1. The molecule has 1 fully saturated rings. The molecule has 3 heteroatoms. The fourth-order valence-corrected chi connectivity index (χ4v) is 1.75. The number of furan rings is 1. The van der Waals surface area contributed by atoms with Crippen LogP contribution >= 0.6 is 0 Å². The number of nitrogens with one attached hydrogen (secondary N) is 1. The van der Waals surface area contributed by atoms with Crippen molar-refractivity contribution in [3.63, 3.8) is 0 Å². The molecule has 2 heterocycles. The van der Waals surface area contributed by atoms with E-state index in [1.165, 1.54) is 12.8 Å². The third-order valence-corrected chi connectivity index (χ3v) is 2.65. The average molecular weight is 195 g/mol. The van der Waals surface area contributed by atoms with Crippen LogP contribution in [0.25, 0.3) is 0 Å². The van der Waals surface area contributed by atoms with E-state index in [4.69, 9.17) is 9.15 Å². The zero-order chi connectivity index (χ0) is 9.80. The smallest absolute Gasteiger partial charge is 0.120 e. The molecule has 2 rings (SSSR count). The Kier molecular flexibility index (Phi) is 3.22. The molecule has 1 aromatic rings. The van der Waals surface area contributed by atoms with Crippen LogP contribution in [0, 0.1) is 0 Å². The van der Waals surface area contributed by atoms with Gasteiger partial charge in [0, 0.05) is 13.2 Å². The first-order chi connectivity index (χ1) is 6.86. The molecule has 0 bridgehead atoms. The zero-order valence-electron chi connectivity index (χ0n) is 8.53. The molecular formula is C11H17NO2. The molecule has 0 spiro atoms. The van der Waals surface area contributed by atoms with Gasteiger partial charge in [-0.2, -0.15) is 0 Å². The third-order valence-electron chi connectivity index (χ3n) is 2.65. The monoisotopic (exact) mass is 195 g/mol. The van der Waals surface area contributed by atoms with Crippen molar-refractivity contribution in [3.8, 4) is 0 Å². The first-order valence-electron chi connectivity index (χ1n) is 5.24. The van der Waals surface area contributed by atoms with Gasteiger partial charge < -0.3 is 14.5 Å². The molecule has 1 saturated heterocycles. The maximum atomic E-state index is 5.53. The van der Waals surface area contributed by atoms with Crippen LogP contribution in [0.4, 0.5) is 0 Å². The predicted molar refractivity (Wildman–Crippen MR) is 54.1 cm³/mol. The van der Waals surface area contributed by atoms with E-state index in [1.54, 1.807) is 6.26 Å². The predicted octanol–water partition coefficient (Wildman–Crippen LogP) is 2.11. The van der Waals surface area contributed by atoms with Crippen LogP contribution in [-0.2, 0) is 4.74 Å². The van der Waals surface area contributed by atoms with Crippen LogP contribution in [0.15, 0.2) is 22.8 Å². The molecule has 2 unspecified atom stereocenters. The summed E-state index contributed by atoms with van der Waals surface area (Å²) in [5, 5.41) is 3.41. The fourth-order valence-electron chi connectivity index (χ4n) is 1.75. The molecule has 0 aliphatic carbocycles. The van der Waals surface area contributed by atoms with Crippen molar-refractivity contribution in [2.75, 3.05) is 13.2 Å². The van der Waals surface area contributed by atoms with Crippen molar-refractivity contribution in [1.29, 1.82) is 0 Å². The quantitative estimate of drug-likeness (QED) is 0.799. The van der Waals surface area contributed by atoms with Crippen LogP contribution < -0.4 is 5.32 Å². The van der Waals surface area contributed by atoms with Crippen LogP contribution in [0.5, 0.6) is 0 Å². The van der Waals surface area contributed by atoms with Gasteiger partial charge in [-0.1, -0.05) is 0 Å². The lowest BCUT2D eigenvalue weighted by atomic mass is 10.2. The second kappa shape index (κ2) is 4.62. The number of hydrogen-bond acceptors (Lipinski definition) is 3. The third kappa shape index (κ3) is 2.36. The molecule has 1 aliphatic heterocycles. The van der Waals surface area contributed by atoms with Crippen molar-refractivity contribution in [2.45, 2.75) is 31.9 Å². The molecule has 3 nitrogen and oxygen atoms in total. The van der Waals surface area contributed by atoms with Gasteiger partial charge in [0.2, 0.25) is 0 Å². The summed E-state index contributed by atoms with van der Waals surface area (Å²) in [5.41, 5.74) is 0. The molecule has 0 radical (unpaired) electrons. The van der Waals surface area contributed by atoms with Crippen LogP contribution in [0.3, 0.4) is 0 Å². The van der Waals surface area contributed by atoms with E-state index in [1.807, 2.05) is 12.1 Å². The number of ether oxygens (including phenoxy) is 1. The van der Waals surface area contributed by atoms with Crippen LogP contribution in [0.2, 0.25) is 0 Å². The minimum absolute atomic E-state index is 0.272. The molecule has 1 aromatic heterocycles. The fraction of sp³-hybridized carbons (Fsp3) is 0.636. The number of rotatable bonds is 4. The second-order valence-electron chi connectivity index (χ2n) is 3.78. The number of hydrogen-bond donors (Lipinski definition) is 1. The lowest BCUT2D eigenvalue weighted by Crippen LogP contribution is -2.28. The van der Waals surface area contributed by atoms with Gasteiger partial charge in [0.15, 0.2) is 0 Å². The Morgan fingerprint density at radius 1 is 1.64 bits per heavy atom. The van der Waals surface area contributed by atoms with Crippen LogP contribution in [0.1, 0.15) is 31.6 Å². The van der Waals surface area contributed by atoms with Gasteiger partial charge in [-0.05, 0) is 31.9 Å². The van der Waals surface area contributed by atoms with E-state index in [0.29, 0.717) is 6.10 Å². The first-order valence-corrected chi connectivity index (χ1v) is 5.24. The molecular weight excluding hydrogens is 178 g/mol. The topological polar surface area (TPSA) is 34.4 Å². The van der Waals surface area contributed by atoms with E-state index >= 15 is 0 Å². The van der Waals surface area contributed by atoms with Gasteiger partial charge in [0.1, 0.15) is 5.76 Å². The van der Waals surface area contributed by atoms with E-state index in [0.717, 1.165) is 18.9 Å². The first kappa shape index (κ1) is 9.74. The molecule has 78 valence electrons. The standard InChI is InChI=1S/C11H17NO2/c1-9(11-5-3-7-14-11)12-8-10-4-2-6-13-10/h3,5,7,9-10,12H,2,4,6,8H2,1H3. The van der Waals surface area contributed by atoms with E-state index in [9.17, 15) is 0 Å². The maximum absolute atomic E-state index is 5.53. The molecule has 14 heavy (non-hydrogen) atoms. The highest BCUT2D eigenvalue weighted by Gasteiger charge is 2.16. The lowest BCUT2D eigenvalue weighted by Gasteiger charge is -2.14. The van der Waals surface area contributed by atoms with Crippen molar-refractivity contribution in [1.82, 2.24) is 5.32 Å². The Morgan fingerprint density at radius 3 is 3.21 bits per heavy atom. The lowest BCUT2D eigenvalue weighted by molar-refractivity contribution is 0.107. The maximum Gasteiger partial charge on any atom is 0.120 e. The van der Waals surface area contributed by atoms with Gasteiger partial charge in [-0.15, -0.1) is 0 Å². The van der Waals surface area contributed by atoms with Gasteiger partial charge in [-0.3, -0.25) is 0 Å². The van der Waals surface area contributed by atoms with Crippen molar-refractivity contribution < 1.29 is 9.15 Å². The molecule has 0 aromatic carbocycles.